The molecule has 0 nitrogen and oxygen atoms in total. The van der Waals surface area contributed by atoms with Crippen LogP contribution in [0.25, 0.3) is 0 Å². The van der Waals surface area contributed by atoms with Crippen LogP contribution in [0.4, 0.5) is 4.39 Å². The van der Waals surface area contributed by atoms with Crippen molar-refractivity contribution >= 4 is 39.1 Å². The van der Waals surface area contributed by atoms with Gasteiger partial charge < -0.3 is 0 Å². The molecular weight excluding hydrogens is 206 g/mol. The van der Waals surface area contributed by atoms with E-state index in [4.69, 9.17) is 23.2 Å². The average molecular weight is 210 g/mol. The summed E-state index contributed by atoms with van der Waals surface area (Å²) < 4.78 is 9.84. The zero-order chi connectivity index (χ0) is 5.91. The van der Waals surface area contributed by atoms with Crippen LogP contribution in [-0.2, 0) is 0 Å². The molecular formula is C3H4BrCl2F. The lowest BCUT2D eigenvalue weighted by molar-refractivity contribution is 0.386. The fourth-order valence-corrected chi connectivity index (χ4v) is 1.30. The first-order valence-corrected chi connectivity index (χ1v) is 3.57. The van der Waals surface area contributed by atoms with Crippen LogP contribution in [0.15, 0.2) is 0 Å². The van der Waals surface area contributed by atoms with Crippen LogP contribution in [0.1, 0.15) is 6.42 Å². The summed E-state index contributed by atoms with van der Waals surface area (Å²) in [5.74, 6) is 0. The lowest BCUT2D eigenvalue weighted by Crippen LogP contribution is -2.02. The van der Waals surface area contributed by atoms with E-state index in [2.05, 4.69) is 15.9 Å². The van der Waals surface area contributed by atoms with E-state index in [-0.39, 0.29) is 6.42 Å². The van der Waals surface area contributed by atoms with E-state index in [0.717, 1.165) is 0 Å². The Morgan fingerprint density at radius 3 is 2.00 bits per heavy atom. The summed E-state index contributed by atoms with van der Waals surface area (Å²) in [5.41, 5.74) is 0. The highest BCUT2D eigenvalue weighted by atomic mass is 79.9. The molecule has 4 heteroatoms. The molecule has 0 fully saturated rings. The van der Waals surface area contributed by atoms with Crippen LogP contribution in [0.3, 0.4) is 0 Å². The van der Waals surface area contributed by atoms with Crippen LogP contribution in [-0.4, -0.2) is 9.92 Å². The van der Waals surface area contributed by atoms with E-state index in [9.17, 15) is 4.39 Å². The van der Waals surface area contributed by atoms with Gasteiger partial charge in [0.15, 0.2) is 0 Å². The SMILES string of the molecule is FC(Cl)(Cl)CCBr. The Morgan fingerprint density at radius 1 is 1.57 bits per heavy atom. The van der Waals surface area contributed by atoms with Gasteiger partial charge in [0.25, 0.3) is 4.59 Å². The van der Waals surface area contributed by atoms with E-state index in [0.29, 0.717) is 5.33 Å². The summed E-state index contributed by atoms with van der Waals surface area (Å²) >= 11 is 12.8. The molecule has 0 spiro atoms. The third kappa shape index (κ3) is 6.99. The maximum absolute atomic E-state index is 11.9. The Morgan fingerprint density at radius 2 is 2.00 bits per heavy atom. The Labute approximate surface area is 60.1 Å². The number of hydrogen-bond donors (Lipinski definition) is 0. The Kier molecular flexibility index (Phi) is 3.54. The standard InChI is InChI=1S/C3H4BrCl2F/c4-2-1-3(5,6)7/h1-2H2. The highest BCUT2D eigenvalue weighted by Crippen LogP contribution is 2.26. The third-order valence-corrected chi connectivity index (χ3v) is 1.15. The fourth-order valence-electron chi connectivity index (χ4n) is 0.107. The normalized spacial score (nSPS) is 12.0. The second kappa shape index (κ2) is 3.10. The van der Waals surface area contributed by atoms with Crippen molar-refractivity contribution in [1.82, 2.24) is 0 Å². The zero-order valence-corrected chi connectivity index (χ0v) is 6.52. The smallest absolute Gasteiger partial charge is 0.208 e. The second-order valence-electron chi connectivity index (χ2n) is 1.05. The summed E-state index contributed by atoms with van der Waals surface area (Å²) in [6.07, 6.45) is 0.121. The minimum atomic E-state index is -2.05. The maximum Gasteiger partial charge on any atom is 0.258 e. The minimum absolute atomic E-state index is 0.121. The maximum atomic E-state index is 11.9. The molecule has 0 unspecified atom stereocenters. The molecule has 0 aromatic carbocycles. The molecule has 0 N–H and O–H groups in total. The summed E-state index contributed by atoms with van der Waals surface area (Å²) in [5, 5.41) is 0.483. The number of hydrogen-bond acceptors (Lipinski definition) is 0. The molecule has 0 atom stereocenters. The van der Waals surface area contributed by atoms with E-state index >= 15 is 0 Å². The molecule has 7 heavy (non-hydrogen) atoms. The monoisotopic (exact) mass is 208 g/mol. The van der Waals surface area contributed by atoms with E-state index in [1.807, 2.05) is 0 Å². The fraction of sp³-hybridized carbons (Fsp3) is 1.00. The molecule has 0 radical (unpaired) electrons. The number of rotatable bonds is 2. The van der Waals surface area contributed by atoms with Crippen LogP contribution in [0, 0.1) is 0 Å². The second-order valence-corrected chi connectivity index (χ2v) is 3.24. The molecule has 0 saturated heterocycles. The van der Waals surface area contributed by atoms with Gasteiger partial charge in [-0.1, -0.05) is 39.1 Å². The van der Waals surface area contributed by atoms with E-state index in [1.165, 1.54) is 0 Å². The predicted molar refractivity (Wildman–Crippen MR) is 34.0 cm³/mol. The van der Waals surface area contributed by atoms with Gasteiger partial charge in [0.2, 0.25) is 0 Å². The Balaban J connectivity index is 3.15. The topological polar surface area (TPSA) is 0 Å². The molecule has 0 amide bonds. The first-order valence-electron chi connectivity index (χ1n) is 1.69. The van der Waals surface area contributed by atoms with Crippen molar-refractivity contribution < 1.29 is 4.39 Å². The first-order chi connectivity index (χ1) is 3.06. The predicted octanol–water partition coefficient (Wildman–Crippen LogP) is 2.87. The molecule has 0 rings (SSSR count). The quantitative estimate of drug-likeness (QED) is 0.614. The van der Waals surface area contributed by atoms with Crippen molar-refractivity contribution in [3.05, 3.63) is 0 Å². The number of halogens is 4. The van der Waals surface area contributed by atoms with Crippen molar-refractivity contribution in [2.45, 2.75) is 11.0 Å². The van der Waals surface area contributed by atoms with E-state index in [1.54, 1.807) is 0 Å². The highest BCUT2D eigenvalue weighted by Gasteiger charge is 2.19. The minimum Gasteiger partial charge on any atom is -0.208 e. The zero-order valence-electron chi connectivity index (χ0n) is 3.43. The molecule has 0 aromatic rings. The van der Waals surface area contributed by atoms with Gasteiger partial charge in [-0.2, -0.15) is 0 Å². The molecule has 0 aromatic heterocycles. The van der Waals surface area contributed by atoms with Gasteiger partial charge in [0.05, 0.1) is 0 Å². The van der Waals surface area contributed by atoms with Gasteiger partial charge in [-0.15, -0.1) is 0 Å². The highest BCUT2D eigenvalue weighted by molar-refractivity contribution is 9.09. The summed E-state index contributed by atoms with van der Waals surface area (Å²) in [7, 11) is 0. The molecule has 0 heterocycles. The van der Waals surface area contributed by atoms with Gasteiger partial charge >= 0.3 is 0 Å². The van der Waals surface area contributed by atoms with Crippen LogP contribution in [0.5, 0.6) is 0 Å². The van der Waals surface area contributed by atoms with Gasteiger partial charge in [0, 0.05) is 11.8 Å². The van der Waals surface area contributed by atoms with E-state index < -0.39 is 4.59 Å². The molecule has 0 bridgehead atoms. The average Bonchev–Trinajstić information content (AvgIpc) is 1.30. The van der Waals surface area contributed by atoms with Crippen LogP contribution in [0.2, 0.25) is 0 Å². The summed E-state index contributed by atoms with van der Waals surface area (Å²) in [4.78, 5) is 0. The van der Waals surface area contributed by atoms with Crippen molar-refractivity contribution in [2.75, 3.05) is 5.33 Å². The Bertz CT molecular complexity index is 51.4. The Hall–Kier alpha value is 0.990. The summed E-state index contributed by atoms with van der Waals surface area (Å²) in [6, 6.07) is 0. The number of alkyl halides is 4. The molecule has 44 valence electrons. The lowest BCUT2D eigenvalue weighted by atomic mass is 10.5. The third-order valence-electron chi connectivity index (χ3n) is 0.378. The van der Waals surface area contributed by atoms with Crippen molar-refractivity contribution in [2.24, 2.45) is 0 Å². The van der Waals surface area contributed by atoms with Gasteiger partial charge in [-0.3, -0.25) is 0 Å². The molecule has 0 aliphatic carbocycles. The van der Waals surface area contributed by atoms with Gasteiger partial charge in [-0.25, -0.2) is 4.39 Å². The van der Waals surface area contributed by atoms with Crippen molar-refractivity contribution in [3.63, 3.8) is 0 Å². The first kappa shape index (κ1) is 7.99. The molecule has 0 saturated carbocycles. The van der Waals surface area contributed by atoms with Crippen LogP contribution < -0.4 is 0 Å². The largest absolute Gasteiger partial charge is 0.258 e. The van der Waals surface area contributed by atoms with Gasteiger partial charge in [-0.05, 0) is 0 Å². The van der Waals surface area contributed by atoms with Gasteiger partial charge in [0.1, 0.15) is 0 Å². The summed E-state index contributed by atoms with van der Waals surface area (Å²) in [6.45, 7) is 0. The van der Waals surface area contributed by atoms with Crippen LogP contribution >= 0.6 is 39.1 Å². The van der Waals surface area contributed by atoms with Crippen molar-refractivity contribution in [3.8, 4) is 0 Å². The van der Waals surface area contributed by atoms with Crippen molar-refractivity contribution in [1.29, 1.82) is 0 Å². The molecule has 0 aliphatic rings. The lowest BCUT2D eigenvalue weighted by Gasteiger charge is -2.03. The molecule has 0 aliphatic heterocycles.